The number of amides is 1. The lowest BCUT2D eigenvalue weighted by molar-refractivity contribution is -0.123. The molecule has 0 saturated carbocycles. The van der Waals surface area contributed by atoms with Crippen LogP contribution in [0.1, 0.15) is 38.3 Å². The highest BCUT2D eigenvalue weighted by molar-refractivity contribution is 5.78. The Balaban J connectivity index is 1.87. The van der Waals surface area contributed by atoms with Crippen molar-refractivity contribution >= 4 is 5.91 Å². The lowest BCUT2D eigenvalue weighted by Crippen LogP contribution is -2.50. The monoisotopic (exact) mass is 307 g/mol. The number of nitrogens with zero attached hydrogens (tertiary/aromatic N) is 1. The summed E-state index contributed by atoms with van der Waals surface area (Å²) >= 11 is 0. The number of halogens is 1. The highest BCUT2D eigenvalue weighted by Gasteiger charge is 2.26. The molecule has 0 aromatic heterocycles. The Hall–Kier alpha value is -1.46. The Bertz CT molecular complexity index is 491. The van der Waals surface area contributed by atoms with Crippen molar-refractivity contribution in [3.8, 4) is 0 Å². The van der Waals surface area contributed by atoms with Gasteiger partial charge < -0.3 is 11.1 Å². The van der Waals surface area contributed by atoms with Gasteiger partial charge in [-0.1, -0.05) is 19.1 Å². The minimum atomic E-state index is -0.268. The molecule has 1 amide bonds. The lowest BCUT2D eigenvalue weighted by Gasteiger charge is -2.37. The summed E-state index contributed by atoms with van der Waals surface area (Å²) in [4.78, 5) is 14.4. The summed E-state index contributed by atoms with van der Waals surface area (Å²) in [7, 11) is 0. The van der Waals surface area contributed by atoms with Crippen molar-refractivity contribution in [3.05, 3.63) is 35.6 Å². The number of nitrogens with one attached hydrogen (secondary N) is 1. The van der Waals surface area contributed by atoms with E-state index in [1.54, 1.807) is 12.1 Å². The van der Waals surface area contributed by atoms with Gasteiger partial charge in [-0.15, -0.1) is 0 Å². The van der Waals surface area contributed by atoms with Crippen molar-refractivity contribution in [2.75, 3.05) is 19.6 Å². The van der Waals surface area contributed by atoms with E-state index in [0.717, 1.165) is 24.9 Å². The van der Waals surface area contributed by atoms with E-state index in [-0.39, 0.29) is 23.8 Å². The second-order valence-corrected chi connectivity index (χ2v) is 6.33. The van der Waals surface area contributed by atoms with Gasteiger partial charge >= 0.3 is 0 Å². The second-order valence-electron chi connectivity index (χ2n) is 6.33. The molecule has 5 heteroatoms. The van der Waals surface area contributed by atoms with Gasteiger partial charge in [-0.2, -0.15) is 0 Å². The Morgan fingerprint density at radius 1 is 1.45 bits per heavy atom. The average molecular weight is 307 g/mol. The molecular weight excluding hydrogens is 281 g/mol. The first-order chi connectivity index (χ1) is 10.5. The molecule has 0 radical (unpaired) electrons. The van der Waals surface area contributed by atoms with Crippen LogP contribution < -0.4 is 11.1 Å². The Morgan fingerprint density at radius 3 is 2.77 bits per heavy atom. The molecule has 4 nitrogen and oxygen atoms in total. The number of nitrogens with two attached hydrogens (primary N) is 1. The molecule has 1 aromatic rings. The third-order valence-electron chi connectivity index (χ3n) is 4.47. The normalized spacial score (nSPS) is 24.0. The number of likely N-dealkylation sites (tertiary alicyclic amines) is 1. The zero-order valence-electron chi connectivity index (χ0n) is 13.4. The standard InChI is InChI=1S/C17H26FN3O/c1-12-7-8-21(16(9-12)10-19)11-17(22)20-13(2)14-3-5-15(18)6-4-14/h3-6,12-13,16H,7-11,19H2,1-2H3,(H,20,22). The number of benzene rings is 1. The molecule has 0 spiro atoms. The largest absolute Gasteiger partial charge is 0.348 e. The predicted octanol–water partition coefficient (Wildman–Crippen LogP) is 2.06. The van der Waals surface area contributed by atoms with Crippen LogP contribution in [0.4, 0.5) is 4.39 Å². The zero-order valence-corrected chi connectivity index (χ0v) is 13.4. The number of carbonyl (C=O) groups excluding carboxylic acids is 1. The van der Waals surface area contributed by atoms with E-state index in [4.69, 9.17) is 5.73 Å². The lowest BCUT2D eigenvalue weighted by atomic mass is 9.92. The maximum atomic E-state index is 12.9. The van der Waals surface area contributed by atoms with E-state index < -0.39 is 0 Å². The second kappa shape index (κ2) is 7.70. The third-order valence-corrected chi connectivity index (χ3v) is 4.47. The van der Waals surface area contributed by atoms with E-state index in [2.05, 4.69) is 17.1 Å². The van der Waals surface area contributed by atoms with E-state index in [9.17, 15) is 9.18 Å². The van der Waals surface area contributed by atoms with Gasteiger partial charge in [0.1, 0.15) is 5.82 Å². The molecule has 1 heterocycles. The quantitative estimate of drug-likeness (QED) is 0.875. The Labute approximate surface area is 131 Å². The molecule has 1 aliphatic heterocycles. The van der Waals surface area contributed by atoms with Crippen molar-refractivity contribution in [1.29, 1.82) is 0 Å². The molecule has 2 rings (SSSR count). The summed E-state index contributed by atoms with van der Waals surface area (Å²) in [5, 5.41) is 2.97. The molecule has 3 unspecified atom stereocenters. The molecule has 3 N–H and O–H groups in total. The van der Waals surface area contributed by atoms with Crippen LogP contribution in [0, 0.1) is 11.7 Å². The minimum Gasteiger partial charge on any atom is -0.348 e. The molecule has 0 aliphatic carbocycles. The molecule has 3 atom stereocenters. The van der Waals surface area contributed by atoms with Crippen LogP contribution in [0.2, 0.25) is 0 Å². The first-order valence-corrected chi connectivity index (χ1v) is 7.98. The highest BCUT2D eigenvalue weighted by Crippen LogP contribution is 2.21. The van der Waals surface area contributed by atoms with Gasteiger partial charge in [-0.05, 0) is 49.9 Å². The summed E-state index contributed by atoms with van der Waals surface area (Å²) in [5.74, 6) is 0.395. The van der Waals surface area contributed by atoms with Gasteiger partial charge in [-0.3, -0.25) is 9.69 Å². The number of rotatable bonds is 5. The minimum absolute atomic E-state index is 0.00942. The summed E-state index contributed by atoms with van der Waals surface area (Å²) in [6, 6.07) is 6.38. The molecule has 1 fully saturated rings. The van der Waals surface area contributed by atoms with Crippen molar-refractivity contribution in [2.24, 2.45) is 11.7 Å². The van der Waals surface area contributed by atoms with Gasteiger partial charge in [0.05, 0.1) is 12.6 Å². The van der Waals surface area contributed by atoms with Crippen LogP contribution in [-0.2, 0) is 4.79 Å². The number of carbonyl (C=O) groups is 1. The van der Waals surface area contributed by atoms with Crippen LogP contribution in [0.5, 0.6) is 0 Å². The third kappa shape index (κ3) is 4.52. The van der Waals surface area contributed by atoms with Crippen LogP contribution >= 0.6 is 0 Å². The van der Waals surface area contributed by atoms with E-state index in [0.29, 0.717) is 19.0 Å². The predicted molar refractivity (Wildman–Crippen MR) is 85.8 cm³/mol. The van der Waals surface area contributed by atoms with E-state index in [1.165, 1.54) is 12.1 Å². The summed E-state index contributed by atoms with van der Waals surface area (Å²) in [6.45, 7) is 6.02. The smallest absolute Gasteiger partial charge is 0.234 e. The first-order valence-electron chi connectivity index (χ1n) is 7.98. The number of hydrogen-bond acceptors (Lipinski definition) is 3. The van der Waals surface area contributed by atoms with Crippen LogP contribution in [0.15, 0.2) is 24.3 Å². The molecule has 22 heavy (non-hydrogen) atoms. The van der Waals surface area contributed by atoms with Crippen molar-refractivity contribution < 1.29 is 9.18 Å². The molecule has 1 aliphatic rings. The van der Waals surface area contributed by atoms with Gasteiger partial charge in [-0.25, -0.2) is 4.39 Å². The van der Waals surface area contributed by atoms with Gasteiger partial charge in [0.15, 0.2) is 0 Å². The van der Waals surface area contributed by atoms with Crippen molar-refractivity contribution in [1.82, 2.24) is 10.2 Å². The maximum Gasteiger partial charge on any atom is 0.234 e. The molecular formula is C17H26FN3O. The fourth-order valence-electron chi connectivity index (χ4n) is 3.06. The number of piperidine rings is 1. The molecule has 1 aromatic carbocycles. The van der Waals surface area contributed by atoms with Crippen LogP contribution in [0.25, 0.3) is 0 Å². The van der Waals surface area contributed by atoms with E-state index >= 15 is 0 Å². The van der Waals surface area contributed by atoms with Crippen molar-refractivity contribution in [3.63, 3.8) is 0 Å². The molecule has 122 valence electrons. The topological polar surface area (TPSA) is 58.4 Å². The van der Waals surface area contributed by atoms with Crippen molar-refractivity contribution in [2.45, 2.75) is 38.8 Å². The fraction of sp³-hybridized carbons (Fsp3) is 0.588. The van der Waals surface area contributed by atoms with Crippen LogP contribution in [-0.4, -0.2) is 36.5 Å². The summed E-state index contributed by atoms with van der Waals surface area (Å²) in [6.07, 6.45) is 2.16. The zero-order chi connectivity index (χ0) is 16.1. The van der Waals surface area contributed by atoms with Gasteiger partial charge in [0.2, 0.25) is 5.91 Å². The molecule has 0 bridgehead atoms. The van der Waals surface area contributed by atoms with Gasteiger partial charge in [0.25, 0.3) is 0 Å². The van der Waals surface area contributed by atoms with Crippen LogP contribution in [0.3, 0.4) is 0 Å². The molecule has 1 saturated heterocycles. The average Bonchev–Trinajstić information content (AvgIpc) is 2.49. The maximum absolute atomic E-state index is 12.9. The summed E-state index contributed by atoms with van der Waals surface area (Å²) in [5.41, 5.74) is 6.73. The van der Waals surface area contributed by atoms with Gasteiger partial charge in [0, 0.05) is 12.6 Å². The fourth-order valence-corrected chi connectivity index (χ4v) is 3.06. The first kappa shape index (κ1) is 16.9. The Morgan fingerprint density at radius 2 is 2.14 bits per heavy atom. The summed E-state index contributed by atoms with van der Waals surface area (Å²) < 4.78 is 12.9. The van der Waals surface area contributed by atoms with E-state index in [1.807, 2.05) is 6.92 Å². The Kier molecular flexibility index (Phi) is 5.91. The highest BCUT2D eigenvalue weighted by atomic mass is 19.1. The SMILES string of the molecule is CC1CCN(CC(=O)NC(C)c2ccc(F)cc2)C(CN)C1. The number of hydrogen-bond donors (Lipinski definition) is 2.